The molecule has 2 unspecified atom stereocenters. The molecule has 12 heavy (non-hydrogen) atoms. The second-order valence-electron chi connectivity index (χ2n) is 3.65. The highest BCUT2D eigenvalue weighted by molar-refractivity contribution is 6.18. The number of carbonyl (C=O) groups excluding carboxylic acids is 2. The first-order chi connectivity index (χ1) is 5.79. The molecule has 0 heterocycles. The van der Waals surface area contributed by atoms with Crippen LogP contribution < -0.4 is 0 Å². The lowest BCUT2D eigenvalue weighted by Crippen LogP contribution is -2.12. The Balaban J connectivity index is 2.25. The lowest BCUT2D eigenvalue weighted by molar-refractivity contribution is -0.117. The maximum absolute atomic E-state index is 11.5. The fourth-order valence-corrected chi connectivity index (χ4v) is 2.61. The standard InChI is InChI=1S/C10H8O2/c11-8-4-3-5-6-1-2-7(9(5)8)10(6)12/h3-6H,1-2H2. The molecule has 60 valence electrons. The molecule has 2 nitrogen and oxygen atoms in total. The molecule has 3 aliphatic rings. The smallest absolute Gasteiger partial charge is 0.182 e. The van der Waals surface area contributed by atoms with Gasteiger partial charge in [0.15, 0.2) is 11.6 Å². The van der Waals surface area contributed by atoms with Gasteiger partial charge in [-0.3, -0.25) is 9.59 Å². The van der Waals surface area contributed by atoms with Gasteiger partial charge in [-0.25, -0.2) is 0 Å². The van der Waals surface area contributed by atoms with Crippen molar-refractivity contribution in [3.05, 3.63) is 23.3 Å². The molecule has 2 atom stereocenters. The Kier molecular flexibility index (Phi) is 0.932. The van der Waals surface area contributed by atoms with E-state index in [0.717, 1.165) is 24.0 Å². The van der Waals surface area contributed by atoms with Gasteiger partial charge in [0.25, 0.3) is 0 Å². The molecule has 0 spiro atoms. The summed E-state index contributed by atoms with van der Waals surface area (Å²) >= 11 is 0. The van der Waals surface area contributed by atoms with Crippen molar-refractivity contribution in [2.45, 2.75) is 12.8 Å². The Morgan fingerprint density at radius 1 is 1.33 bits per heavy atom. The van der Waals surface area contributed by atoms with Crippen LogP contribution >= 0.6 is 0 Å². The lowest BCUT2D eigenvalue weighted by atomic mass is 9.89. The van der Waals surface area contributed by atoms with Gasteiger partial charge in [-0.15, -0.1) is 0 Å². The molecule has 0 aliphatic heterocycles. The van der Waals surface area contributed by atoms with Crippen LogP contribution in [0.1, 0.15) is 12.8 Å². The zero-order valence-corrected chi connectivity index (χ0v) is 6.54. The maximum Gasteiger partial charge on any atom is 0.182 e. The molecule has 1 saturated carbocycles. The number of rotatable bonds is 0. The van der Waals surface area contributed by atoms with E-state index in [1.165, 1.54) is 0 Å². The number of fused-ring (bicyclic) bond motifs is 4. The van der Waals surface area contributed by atoms with Crippen molar-refractivity contribution in [3.8, 4) is 0 Å². The Labute approximate surface area is 70.0 Å². The average Bonchev–Trinajstić information content (AvgIpc) is 2.66. The lowest BCUT2D eigenvalue weighted by Gasteiger charge is -2.12. The van der Waals surface area contributed by atoms with E-state index in [0.29, 0.717) is 0 Å². The highest BCUT2D eigenvalue weighted by Crippen LogP contribution is 2.48. The van der Waals surface area contributed by atoms with Crippen LogP contribution in [0.5, 0.6) is 0 Å². The first-order valence-electron chi connectivity index (χ1n) is 4.29. The Morgan fingerprint density at radius 3 is 2.92 bits per heavy atom. The predicted molar refractivity (Wildman–Crippen MR) is 42.4 cm³/mol. The van der Waals surface area contributed by atoms with Crippen LogP contribution in [0.4, 0.5) is 0 Å². The minimum Gasteiger partial charge on any atom is -0.294 e. The van der Waals surface area contributed by atoms with Crippen LogP contribution in [0.15, 0.2) is 23.3 Å². The van der Waals surface area contributed by atoms with E-state index in [-0.39, 0.29) is 23.4 Å². The van der Waals surface area contributed by atoms with Crippen molar-refractivity contribution in [1.82, 2.24) is 0 Å². The Morgan fingerprint density at radius 2 is 2.17 bits per heavy atom. The summed E-state index contributed by atoms with van der Waals surface area (Å²) in [7, 11) is 0. The molecule has 0 aromatic heterocycles. The summed E-state index contributed by atoms with van der Waals surface area (Å²) in [5.74, 6) is 0.602. The first-order valence-corrected chi connectivity index (χ1v) is 4.29. The summed E-state index contributed by atoms with van der Waals surface area (Å²) in [4.78, 5) is 22.8. The van der Waals surface area contributed by atoms with E-state index >= 15 is 0 Å². The van der Waals surface area contributed by atoms with E-state index in [2.05, 4.69) is 0 Å². The summed E-state index contributed by atoms with van der Waals surface area (Å²) in [6.45, 7) is 0. The van der Waals surface area contributed by atoms with Crippen LogP contribution in [0.2, 0.25) is 0 Å². The van der Waals surface area contributed by atoms with Gasteiger partial charge in [0.05, 0.1) is 0 Å². The minimum atomic E-state index is 0.0746. The van der Waals surface area contributed by atoms with Crippen molar-refractivity contribution >= 4 is 11.6 Å². The van der Waals surface area contributed by atoms with Gasteiger partial charge < -0.3 is 0 Å². The van der Waals surface area contributed by atoms with Gasteiger partial charge in [-0.2, -0.15) is 0 Å². The van der Waals surface area contributed by atoms with Crippen molar-refractivity contribution < 1.29 is 9.59 Å². The minimum absolute atomic E-state index is 0.0746. The fraction of sp³-hybridized carbons (Fsp3) is 0.400. The van der Waals surface area contributed by atoms with Gasteiger partial charge >= 0.3 is 0 Å². The molecule has 3 aliphatic carbocycles. The molecule has 0 amide bonds. The highest BCUT2D eigenvalue weighted by atomic mass is 16.1. The van der Waals surface area contributed by atoms with Gasteiger partial charge in [0, 0.05) is 23.0 Å². The molecule has 0 saturated heterocycles. The third kappa shape index (κ3) is 0.501. The van der Waals surface area contributed by atoms with Crippen LogP contribution in [0, 0.1) is 11.8 Å². The van der Waals surface area contributed by atoms with Crippen LogP contribution in [0.25, 0.3) is 0 Å². The van der Waals surface area contributed by atoms with Gasteiger partial charge in [0.2, 0.25) is 0 Å². The second kappa shape index (κ2) is 1.76. The number of carbonyl (C=O) groups is 2. The molecule has 0 aromatic rings. The molecule has 0 aromatic carbocycles. The normalized spacial score (nSPS) is 37.0. The third-order valence-corrected chi connectivity index (χ3v) is 3.15. The van der Waals surface area contributed by atoms with Gasteiger partial charge in [-0.05, 0) is 18.9 Å². The number of hydrogen-bond donors (Lipinski definition) is 0. The van der Waals surface area contributed by atoms with Gasteiger partial charge in [0.1, 0.15) is 0 Å². The Hall–Kier alpha value is -1.18. The van der Waals surface area contributed by atoms with Crippen LogP contribution in [-0.4, -0.2) is 11.6 Å². The molecule has 3 rings (SSSR count). The van der Waals surface area contributed by atoms with E-state index < -0.39 is 0 Å². The summed E-state index contributed by atoms with van der Waals surface area (Å²) in [5.41, 5.74) is 1.65. The zero-order valence-electron chi connectivity index (χ0n) is 6.54. The van der Waals surface area contributed by atoms with Crippen LogP contribution in [-0.2, 0) is 9.59 Å². The molecular formula is C10H8O2. The molecule has 1 fully saturated rings. The number of allylic oxidation sites excluding steroid dienone is 4. The van der Waals surface area contributed by atoms with Crippen molar-refractivity contribution in [1.29, 1.82) is 0 Å². The Bertz CT molecular complexity index is 360. The topological polar surface area (TPSA) is 34.1 Å². The summed E-state index contributed by atoms with van der Waals surface area (Å²) in [6, 6.07) is 0. The van der Waals surface area contributed by atoms with Crippen LogP contribution in [0.3, 0.4) is 0 Å². The molecule has 2 heteroatoms. The fourth-order valence-electron chi connectivity index (χ4n) is 2.61. The van der Waals surface area contributed by atoms with Crippen molar-refractivity contribution in [2.75, 3.05) is 0 Å². The molecular weight excluding hydrogens is 152 g/mol. The van der Waals surface area contributed by atoms with E-state index in [4.69, 9.17) is 0 Å². The maximum atomic E-state index is 11.5. The average molecular weight is 160 g/mol. The van der Waals surface area contributed by atoms with E-state index in [1.807, 2.05) is 6.08 Å². The molecule has 2 bridgehead atoms. The predicted octanol–water partition coefficient (Wildman–Crippen LogP) is 1.03. The second-order valence-corrected chi connectivity index (χ2v) is 3.65. The zero-order chi connectivity index (χ0) is 8.29. The quantitative estimate of drug-likeness (QED) is 0.530. The molecule has 0 radical (unpaired) electrons. The first kappa shape index (κ1) is 6.35. The van der Waals surface area contributed by atoms with Gasteiger partial charge in [-0.1, -0.05) is 6.08 Å². The monoisotopic (exact) mass is 160 g/mol. The SMILES string of the molecule is O=C1C=CC2C1=C1CCC2C1=O. The summed E-state index contributed by atoms with van der Waals surface area (Å²) in [5, 5.41) is 0. The van der Waals surface area contributed by atoms with E-state index in [9.17, 15) is 9.59 Å². The largest absolute Gasteiger partial charge is 0.294 e. The molecule has 0 N–H and O–H groups in total. The summed E-state index contributed by atoms with van der Waals surface area (Å²) in [6.07, 6.45) is 5.31. The van der Waals surface area contributed by atoms with Crippen molar-refractivity contribution in [2.24, 2.45) is 11.8 Å². The highest BCUT2D eigenvalue weighted by Gasteiger charge is 2.48. The number of Topliss-reactive ketones (excluding diaryl/α,β-unsaturated/α-hetero) is 1. The third-order valence-electron chi connectivity index (χ3n) is 3.15. The van der Waals surface area contributed by atoms with E-state index in [1.54, 1.807) is 6.08 Å². The number of hydrogen-bond acceptors (Lipinski definition) is 2. The van der Waals surface area contributed by atoms with Crippen molar-refractivity contribution in [3.63, 3.8) is 0 Å². The summed E-state index contributed by atoms with van der Waals surface area (Å²) < 4.78 is 0. The number of ketones is 2.